The zero-order chi connectivity index (χ0) is 20.9. The van der Waals surface area contributed by atoms with E-state index < -0.39 is 0 Å². The molecule has 0 atom stereocenters. The van der Waals surface area contributed by atoms with Crippen LogP contribution >= 0.6 is 0 Å². The van der Waals surface area contributed by atoms with Gasteiger partial charge in [0.25, 0.3) is 0 Å². The first-order valence-electron chi connectivity index (χ1n) is 11.4. The summed E-state index contributed by atoms with van der Waals surface area (Å²) in [6.07, 6.45) is 13.2. The van der Waals surface area contributed by atoms with Gasteiger partial charge in [0.2, 0.25) is 0 Å². The molecule has 1 aliphatic carbocycles. The Kier molecular flexibility index (Phi) is 6.85. The number of nitrogens with one attached hydrogen (secondary N) is 1. The lowest BCUT2D eigenvalue weighted by Gasteiger charge is -2.32. The Labute approximate surface area is 179 Å². The molecule has 0 bridgehead atoms. The molecule has 0 radical (unpaired) electrons. The molecule has 1 N–H and O–H groups in total. The normalized spacial score (nSPS) is 19.7. The molecular weight excluding hydrogens is 374 g/mol. The molecule has 0 aromatic carbocycles. The van der Waals surface area contributed by atoms with Gasteiger partial charge in [0.15, 0.2) is 0 Å². The first kappa shape index (κ1) is 21.1. The van der Waals surface area contributed by atoms with Crippen LogP contribution in [0.5, 0.6) is 0 Å². The van der Waals surface area contributed by atoms with E-state index >= 15 is 0 Å². The van der Waals surface area contributed by atoms with Crippen molar-refractivity contribution in [2.45, 2.75) is 45.4 Å². The smallest absolute Gasteiger partial charge is 0.137 e. The maximum atomic E-state index is 5.54. The summed E-state index contributed by atoms with van der Waals surface area (Å²) in [4.78, 5) is 10.6. The van der Waals surface area contributed by atoms with Gasteiger partial charge in [-0.3, -0.25) is 4.68 Å². The molecule has 4 rings (SSSR count). The molecule has 3 aromatic rings. The van der Waals surface area contributed by atoms with Crippen molar-refractivity contribution in [2.75, 3.05) is 32.8 Å². The standard InChI is InChI=1S/C24H35N5O/c1-4-29(10-11-30-5-2)16-18-6-8-19(9-7-18)20-12-22-23(15-26-24(22)25-13-20)21-14-27-28(3)17-21/h12-15,17-19H,4-11,16H2,1-3H3,(H,25,26). The van der Waals surface area contributed by atoms with E-state index in [4.69, 9.17) is 9.72 Å². The number of aryl methyl sites for hydroxylation is 1. The number of ether oxygens (including phenoxy) is 1. The largest absolute Gasteiger partial charge is 0.380 e. The summed E-state index contributed by atoms with van der Waals surface area (Å²) in [5.74, 6) is 1.42. The molecule has 1 fully saturated rings. The second-order valence-electron chi connectivity index (χ2n) is 8.58. The Morgan fingerprint density at radius 1 is 1.20 bits per heavy atom. The van der Waals surface area contributed by atoms with Crippen LogP contribution in [0.15, 0.2) is 30.9 Å². The molecule has 0 spiro atoms. The van der Waals surface area contributed by atoms with Crippen LogP contribution in [-0.4, -0.2) is 57.5 Å². The van der Waals surface area contributed by atoms with Gasteiger partial charge in [0, 0.05) is 61.8 Å². The lowest BCUT2D eigenvalue weighted by atomic mass is 9.78. The van der Waals surface area contributed by atoms with Gasteiger partial charge >= 0.3 is 0 Å². The van der Waals surface area contributed by atoms with Crippen molar-refractivity contribution < 1.29 is 4.74 Å². The minimum Gasteiger partial charge on any atom is -0.380 e. The third-order valence-electron chi connectivity index (χ3n) is 6.61. The molecule has 162 valence electrons. The first-order chi connectivity index (χ1) is 14.7. The van der Waals surface area contributed by atoms with Crippen LogP contribution in [0.2, 0.25) is 0 Å². The SMILES string of the molecule is CCOCCN(CC)CC1CCC(c2cnc3[nH]cc(-c4cnn(C)c4)c3c2)CC1. The van der Waals surface area contributed by atoms with Crippen molar-refractivity contribution in [3.63, 3.8) is 0 Å². The topological polar surface area (TPSA) is 59.0 Å². The van der Waals surface area contributed by atoms with E-state index in [1.165, 1.54) is 48.7 Å². The van der Waals surface area contributed by atoms with Crippen LogP contribution in [0.1, 0.15) is 51.0 Å². The van der Waals surface area contributed by atoms with Crippen molar-refractivity contribution >= 4 is 11.0 Å². The van der Waals surface area contributed by atoms with Crippen molar-refractivity contribution in [3.05, 3.63) is 36.4 Å². The summed E-state index contributed by atoms with van der Waals surface area (Å²) in [7, 11) is 1.96. The third kappa shape index (κ3) is 4.76. The minimum atomic E-state index is 0.619. The van der Waals surface area contributed by atoms with Gasteiger partial charge in [-0.2, -0.15) is 5.10 Å². The second kappa shape index (κ2) is 9.75. The number of pyridine rings is 1. The highest BCUT2D eigenvalue weighted by Gasteiger charge is 2.24. The number of likely N-dealkylation sites (N-methyl/N-ethyl adjacent to an activating group) is 1. The number of aromatic nitrogens is 4. The van der Waals surface area contributed by atoms with Crippen LogP contribution in [0.25, 0.3) is 22.2 Å². The zero-order valence-electron chi connectivity index (χ0n) is 18.6. The van der Waals surface area contributed by atoms with Gasteiger partial charge in [0.05, 0.1) is 12.8 Å². The average molecular weight is 410 g/mol. The Morgan fingerprint density at radius 2 is 2.03 bits per heavy atom. The molecule has 0 saturated heterocycles. The number of nitrogens with zero attached hydrogens (tertiary/aromatic N) is 4. The maximum absolute atomic E-state index is 5.54. The van der Waals surface area contributed by atoms with E-state index in [0.717, 1.165) is 43.4 Å². The molecule has 0 amide bonds. The summed E-state index contributed by atoms with van der Waals surface area (Å²) < 4.78 is 7.39. The van der Waals surface area contributed by atoms with E-state index in [0.29, 0.717) is 5.92 Å². The highest BCUT2D eigenvalue weighted by atomic mass is 16.5. The van der Waals surface area contributed by atoms with E-state index in [2.05, 4.69) is 53.5 Å². The fraction of sp³-hybridized carbons (Fsp3) is 0.583. The molecule has 1 saturated carbocycles. The summed E-state index contributed by atoms with van der Waals surface area (Å²) >= 11 is 0. The zero-order valence-corrected chi connectivity index (χ0v) is 18.6. The molecule has 30 heavy (non-hydrogen) atoms. The van der Waals surface area contributed by atoms with Crippen molar-refractivity contribution in [3.8, 4) is 11.1 Å². The number of fused-ring (bicyclic) bond motifs is 1. The minimum absolute atomic E-state index is 0.619. The predicted octanol–water partition coefficient (Wildman–Crippen LogP) is 4.60. The molecule has 3 heterocycles. The fourth-order valence-corrected chi connectivity index (χ4v) is 4.80. The predicted molar refractivity (Wildman–Crippen MR) is 122 cm³/mol. The van der Waals surface area contributed by atoms with Crippen molar-refractivity contribution in [2.24, 2.45) is 13.0 Å². The quantitative estimate of drug-likeness (QED) is 0.525. The van der Waals surface area contributed by atoms with E-state index in [1.807, 2.05) is 17.9 Å². The highest BCUT2D eigenvalue weighted by molar-refractivity contribution is 5.93. The summed E-state index contributed by atoms with van der Waals surface area (Å²) in [5.41, 5.74) is 4.67. The Bertz CT molecular complexity index is 938. The first-order valence-corrected chi connectivity index (χ1v) is 11.4. The van der Waals surface area contributed by atoms with Crippen LogP contribution in [-0.2, 0) is 11.8 Å². The van der Waals surface area contributed by atoms with Gasteiger partial charge in [-0.1, -0.05) is 6.92 Å². The number of rotatable bonds is 9. The van der Waals surface area contributed by atoms with E-state index in [-0.39, 0.29) is 0 Å². The van der Waals surface area contributed by atoms with E-state index in [9.17, 15) is 0 Å². The summed E-state index contributed by atoms with van der Waals surface area (Å²) in [6.45, 7) is 9.35. The van der Waals surface area contributed by atoms with Crippen LogP contribution in [0.4, 0.5) is 0 Å². The van der Waals surface area contributed by atoms with Gasteiger partial charge in [-0.25, -0.2) is 4.98 Å². The Hall–Kier alpha value is -2.18. The fourth-order valence-electron chi connectivity index (χ4n) is 4.80. The van der Waals surface area contributed by atoms with Crippen molar-refractivity contribution in [1.82, 2.24) is 24.6 Å². The molecule has 0 aliphatic heterocycles. The molecule has 1 aliphatic rings. The third-order valence-corrected chi connectivity index (χ3v) is 6.61. The Balaban J connectivity index is 1.40. The lowest BCUT2D eigenvalue weighted by Crippen LogP contribution is -2.33. The monoisotopic (exact) mass is 409 g/mol. The maximum Gasteiger partial charge on any atom is 0.137 e. The molecular formula is C24H35N5O. The number of hydrogen-bond donors (Lipinski definition) is 1. The van der Waals surface area contributed by atoms with Crippen LogP contribution < -0.4 is 0 Å². The molecule has 6 heteroatoms. The second-order valence-corrected chi connectivity index (χ2v) is 8.58. The van der Waals surface area contributed by atoms with Crippen LogP contribution in [0, 0.1) is 5.92 Å². The van der Waals surface area contributed by atoms with Gasteiger partial charge in [-0.05, 0) is 62.6 Å². The number of hydrogen-bond acceptors (Lipinski definition) is 4. The summed E-state index contributed by atoms with van der Waals surface area (Å²) in [6, 6.07) is 2.35. The molecule has 3 aromatic heterocycles. The van der Waals surface area contributed by atoms with Crippen LogP contribution in [0.3, 0.4) is 0 Å². The Morgan fingerprint density at radius 3 is 2.73 bits per heavy atom. The van der Waals surface area contributed by atoms with Gasteiger partial charge in [0.1, 0.15) is 5.65 Å². The number of aromatic amines is 1. The van der Waals surface area contributed by atoms with E-state index in [1.54, 1.807) is 0 Å². The average Bonchev–Trinajstić information content (AvgIpc) is 3.39. The number of H-pyrrole nitrogens is 1. The molecule has 0 unspecified atom stereocenters. The molecule has 6 nitrogen and oxygen atoms in total. The van der Waals surface area contributed by atoms with Crippen molar-refractivity contribution in [1.29, 1.82) is 0 Å². The lowest BCUT2D eigenvalue weighted by molar-refractivity contribution is 0.104. The highest BCUT2D eigenvalue weighted by Crippen LogP contribution is 2.38. The summed E-state index contributed by atoms with van der Waals surface area (Å²) in [5, 5.41) is 5.53. The van der Waals surface area contributed by atoms with Gasteiger partial charge in [-0.15, -0.1) is 0 Å². The van der Waals surface area contributed by atoms with Gasteiger partial charge < -0.3 is 14.6 Å².